The zero-order valence-corrected chi connectivity index (χ0v) is 14.5. The van der Waals surface area contributed by atoms with Crippen molar-refractivity contribution in [3.05, 3.63) is 35.4 Å². The molecule has 0 unspecified atom stereocenters. The molecule has 2 atom stereocenters. The lowest BCUT2D eigenvalue weighted by atomic mass is 10.0. The summed E-state index contributed by atoms with van der Waals surface area (Å²) in [7, 11) is 0. The number of aryl methyl sites for hydroxylation is 1. The summed E-state index contributed by atoms with van der Waals surface area (Å²) >= 11 is 0. The molecule has 0 saturated carbocycles. The molecule has 0 radical (unpaired) electrons. The lowest BCUT2D eigenvalue weighted by Crippen LogP contribution is -2.54. The predicted molar refractivity (Wildman–Crippen MR) is 92.3 cm³/mol. The number of hydrogen-bond donors (Lipinski definition) is 2. The number of aliphatic hydroxyl groups excluding tert-OH is 1. The van der Waals surface area contributed by atoms with E-state index in [1.54, 1.807) is 0 Å². The summed E-state index contributed by atoms with van der Waals surface area (Å²) in [4.78, 5) is 17.0. The average Bonchev–Trinajstić information content (AvgIpc) is 2.55. The van der Waals surface area contributed by atoms with Crippen LogP contribution in [0.1, 0.15) is 31.0 Å². The summed E-state index contributed by atoms with van der Waals surface area (Å²) in [5.41, 5.74) is 2.37. The monoisotopic (exact) mass is 319 g/mol. The van der Waals surface area contributed by atoms with E-state index in [9.17, 15) is 4.79 Å². The van der Waals surface area contributed by atoms with Gasteiger partial charge in [0.2, 0.25) is 5.91 Å². The zero-order valence-electron chi connectivity index (χ0n) is 14.5. The van der Waals surface area contributed by atoms with E-state index in [0.29, 0.717) is 0 Å². The van der Waals surface area contributed by atoms with Crippen LogP contribution < -0.4 is 5.32 Å². The van der Waals surface area contributed by atoms with E-state index in [1.165, 1.54) is 11.1 Å². The van der Waals surface area contributed by atoms with Crippen molar-refractivity contribution in [3.8, 4) is 0 Å². The van der Waals surface area contributed by atoms with E-state index in [2.05, 4.69) is 34.2 Å². The second kappa shape index (κ2) is 8.43. The zero-order chi connectivity index (χ0) is 16.8. The average molecular weight is 319 g/mol. The predicted octanol–water partition coefficient (Wildman–Crippen LogP) is 1.17. The summed E-state index contributed by atoms with van der Waals surface area (Å²) in [6.45, 7) is 10.6. The van der Waals surface area contributed by atoms with Crippen LogP contribution in [0.25, 0.3) is 0 Å². The Morgan fingerprint density at radius 2 is 1.87 bits per heavy atom. The summed E-state index contributed by atoms with van der Waals surface area (Å²) in [6, 6.07) is 8.05. The minimum atomic E-state index is -0.127. The van der Waals surface area contributed by atoms with Crippen molar-refractivity contribution < 1.29 is 9.90 Å². The summed E-state index contributed by atoms with van der Waals surface area (Å²) in [5, 5.41) is 12.1. The van der Waals surface area contributed by atoms with Crippen LogP contribution in [0, 0.1) is 6.92 Å². The third-order valence-corrected chi connectivity index (χ3v) is 4.76. The van der Waals surface area contributed by atoms with Gasteiger partial charge in [0.25, 0.3) is 0 Å². The highest BCUT2D eigenvalue weighted by Gasteiger charge is 2.26. The molecular formula is C18H29N3O2. The van der Waals surface area contributed by atoms with E-state index < -0.39 is 0 Å². The molecule has 2 rings (SSSR count). The third-order valence-electron chi connectivity index (χ3n) is 4.76. The first kappa shape index (κ1) is 17.9. The SMILES string of the molecule is Cc1ccccc1[C@H](C)NC(=O)[C@@H](C)N1CCN(CCO)CC1. The van der Waals surface area contributed by atoms with Crippen LogP contribution in [0.5, 0.6) is 0 Å². The quantitative estimate of drug-likeness (QED) is 0.826. The molecule has 1 aliphatic rings. The van der Waals surface area contributed by atoms with E-state index in [-0.39, 0.29) is 24.6 Å². The summed E-state index contributed by atoms with van der Waals surface area (Å²) in [5.74, 6) is 0.0800. The first-order valence-electron chi connectivity index (χ1n) is 8.46. The number of carbonyl (C=O) groups excluding carboxylic acids is 1. The van der Waals surface area contributed by atoms with E-state index in [1.807, 2.05) is 26.0 Å². The van der Waals surface area contributed by atoms with Gasteiger partial charge in [-0.2, -0.15) is 0 Å². The largest absolute Gasteiger partial charge is 0.395 e. The van der Waals surface area contributed by atoms with Gasteiger partial charge < -0.3 is 10.4 Å². The molecule has 0 bridgehead atoms. The van der Waals surface area contributed by atoms with Gasteiger partial charge in [-0.1, -0.05) is 24.3 Å². The number of benzene rings is 1. The molecule has 1 amide bonds. The molecule has 0 spiro atoms. The molecule has 2 N–H and O–H groups in total. The molecule has 0 aliphatic carbocycles. The molecule has 5 heteroatoms. The molecular weight excluding hydrogens is 290 g/mol. The Kier molecular flexibility index (Phi) is 6.57. The second-order valence-corrected chi connectivity index (χ2v) is 6.36. The smallest absolute Gasteiger partial charge is 0.237 e. The minimum Gasteiger partial charge on any atom is -0.395 e. The van der Waals surface area contributed by atoms with Crippen molar-refractivity contribution in [1.29, 1.82) is 0 Å². The van der Waals surface area contributed by atoms with Crippen LogP contribution in [0.2, 0.25) is 0 Å². The Bertz CT molecular complexity index is 513. The number of rotatable bonds is 6. The highest BCUT2D eigenvalue weighted by Crippen LogP contribution is 2.17. The van der Waals surface area contributed by atoms with Crippen LogP contribution in [-0.2, 0) is 4.79 Å². The highest BCUT2D eigenvalue weighted by atomic mass is 16.3. The number of amides is 1. The maximum Gasteiger partial charge on any atom is 0.237 e. The first-order valence-corrected chi connectivity index (χ1v) is 8.46. The Morgan fingerprint density at radius 3 is 2.48 bits per heavy atom. The van der Waals surface area contributed by atoms with Crippen molar-refractivity contribution >= 4 is 5.91 Å². The molecule has 1 fully saturated rings. The number of piperazine rings is 1. The van der Waals surface area contributed by atoms with Crippen LogP contribution in [0.4, 0.5) is 0 Å². The van der Waals surface area contributed by atoms with Crippen LogP contribution in [0.15, 0.2) is 24.3 Å². The number of carbonyl (C=O) groups is 1. The lowest BCUT2D eigenvalue weighted by molar-refractivity contribution is -0.127. The minimum absolute atomic E-state index is 0.0156. The van der Waals surface area contributed by atoms with Gasteiger partial charge in [0.1, 0.15) is 0 Å². The Balaban J connectivity index is 1.87. The normalized spacial score (nSPS) is 19.3. The molecule has 1 heterocycles. The second-order valence-electron chi connectivity index (χ2n) is 6.36. The fourth-order valence-electron chi connectivity index (χ4n) is 3.17. The van der Waals surface area contributed by atoms with E-state index >= 15 is 0 Å². The molecule has 1 saturated heterocycles. The fourth-order valence-corrected chi connectivity index (χ4v) is 3.17. The first-order chi connectivity index (χ1) is 11.0. The van der Waals surface area contributed by atoms with Gasteiger partial charge in [-0.05, 0) is 31.9 Å². The maximum absolute atomic E-state index is 12.5. The van der Waals surface area contributed by atoms with Gasteiger partial charge in [0.15, 0.2) is 0 Å². The van der Waals surface area contributed by atoms with Crippen LogP contribution >= 0.6 is 0 Å². The molecule has 23 heavy (non-hydrogen) atoms. The maximum atomic E-state index is 12.5. The Morgan fingerprint density at radius 1 is 1.22 bits per heavy atom. The van der Waals surface area contributed by atoms with Crippen LogP contribution in [0.3, 0.4) is 0 Å². The van der Waals surface area contributed by atoms with Crippen molar-refractivity contribution in [2.24, 2.45) is 0 Å². The van der Waals surface area contributed by atoms with Crippen molar-refractivity contribution in [1.82, 2.24) is 15.1 Å². The topological polar surface area (TPSA) is 55.8 Å². The molecule has 1 aliphatic heterocycles. The number of aliphatic hydroxyl groups is 1. The lowest BCUT2D eigenvalue weighted by Gasteiger charge is -2.37. The number of nitrogens with zero attached hydrogens (tertiary/aromatic N) is 2. The molecule has 1 aromatic rings. The fraction of sp³-hybridized carbons (Fsp3) is 0.611. The van der Waals surface area contributed by atoms with Crippen molar-refractivity contribution in [2.45, 2.75) is 32.9 Å². The number of hydrogen-bond acceptors (Lipinski definition) is 4. The molecule has 128 valence electrons. The number of β-amino-alcohol motifs (C(OH)–C–C–N with tert-alkyl or cyclic N) is 1. The van der Waals surface area contributed by atoms with E-state index in [4.69, 9.17) is 5.11 Å². The van der Waals surface area contributed by atoms with Gasteiger partial charge in [0, 0.05) is 32.7 Å². The summed E-state index contributed by atoms with van der Waals surface area (Å²) in [6.07, 6.45) is 0. The van der Waals surface area contributed by atoms with Gasteiger partial charge in [0.05, 0.1) is 18.7 Å². The summed E-state index contributed by atoms with van der Waals surface area (Å²) < 4.78 is 0. The third kappa shape index (κ3) is 4.77. The standard InChI is InChI=1S/C18H29N3O2/c1-14-6-4-5-7-17(14)15(2)19-18(23)16(3)21-10-8-20(9-11-21)12-13-22/h4-7,15-16,22H,8-13H2,1-3H3,(H,19,23)/t15-,16+/m0/s1. The van der Waals surface area contributed by atoms with Crippen LogP contribution in [-0.4, -0.2) is 66.2 Å². The van der Waals surface area contributed by atoms with Crippen molar-refractivity contribution in [2.75, 3.05) is 39.3 Å². The van der Waals surface area contributed by atoms with Crippen molar-refractivity contribution in [3.63, 3.8) is 0 Å². The Hall–Kier alpha value is -1.43. The van der Waals surface area contributed by atoms with Gasteiger partial charge in [-0.25, -0.2) is 0 Å². The van der Waals surface area contributed by atoms with E-state index in [0.717, 1.165) is 32.7 Å². The van der Waals surface area contributed by atoms with Gasteiger partial charge >= 0.3 is 0 Å². The Labute approximate surface area is 139 Å². The van der Waals surface area contributed by atoms with Gasteiger partial charge in [-0.15, -0.1) is 0 Å². The number of nitrogens with one attached hydrogen (secondary N) is 1. The molecule has 5 nitrogen and oxygen atoms in total. The molecule has 0 aromatic heterocycles. The van der Waals surface area contributed by atoms with Gasteiger partial charge in [-0.3, -0.25) is 14.6 Å². The molecule has 1 aromatic carbocycles. The highest BCUT2D eigenvalue weighted by molar-refractivity contribution is 5.81.